The van der Waals surface area contributed by atoms with Crippen LogP contribution in [0.4, 0.5) is 5.69 Å². The van der Waals surface area contributed by atoms with Gasteiger partial charge >= 0.3 is 0 Å². The van der Waals surface area contributed by atoms with Crippen molar-refractivity contribution >= 4 is 11.6 Å². The Kier molecular flexibility index (Phi) is 3.87. The number of aryl methyl sites for hydroxylation is 1. The van der Waals surface area contributed by atoms with Crippen molar-refractivity contribution < 1.29 is 4.79 Å². The Hall–Kier alpha value is -1.62. The van der Waals surface area contributed by atoms with Gasteiger partial charge in [0.2, 0.25) is 5.91 Å². The summed E-state index contributed by atoms with van der Waals surface area (Å²) in [6.45, 7) is 3.32. The zero-order chi connectivity index (χ0) is 13.9. The standard InChI is InChI=1S/C15H22N4O/c1-17-11-14(9-16-17)19-8-7-18(12-15(19)20)10-13-5-3-2-4-6-13/h2-3,9,11,13H,4-8,10,12H2,1H3/t13-/m0/s1. The molecular formula is C15H22N4O. The summed E-state index contributed by atoms with van der Waals surface area (Å²) in [4.78, 5) is 16.4. The van der Waals surface area contributed by atoms with E-state index in [4.69, 9.17) is 0 Å². The Labute approximate surface area is 119 Å². The van der Waals surface area contributed by atoms with Gasteiger partial charge in [0, 0.05) is 32.9 Å². The number of amides is 1. The highest BCUT2D eigenvalue weighted by Crippen LogP contribution is 2.21. The average Bonchev–Trinajstić information content (AvgIpc) is 2.86. The summed E-state index contributed by atoms with van der Waals surface area (Å²) in [5.74, 6) is 0.911. The zero-order valence-corrected chi connectivity index (χ0v) is 12.0. The van der Waals surface area contributed by atoms with Crippen molar-refractivity contribution in [3.05, 3.63) is 24.5 Å². The molecule has 0 radical (unpaired) electrons. The highest BCUT2D eigenvalue weighted by Gasteiger charge is 2.27. The van der Waals surface area contributed by atoms with E-state index < -0.39 is 0 Å². The summed E-state index contributed by atoms with van der Waals surface area (Å²) in [5, 5.41) is 4.14. The Morgan fingerprint density at radius 1 is 1.35 bits per heavy atom. The fraction of sp³-hybridized carbons (Fsp3) is 0.600. The molecule has 1 aliphatic heterocycles. The summed E-state index contributed by atoms with van der Waals surface area (Å²) in [6, 6.07) is 0. The van der Waals surface area contributed by atoms with E-state index in [1.165, 1.54) is 12.8 Å². The topological polar surface area (TPSA) is 41.4 Å². The van der Waals surface area contributed by atoms with Crippen LogP contribution >= 0.6 is 0 Å². The molecule has 2 aliphatic rings. The largest absolute Gasteiger partial charge is 0.307 e. The minimum Gasteiger partial charge on any atom is -0.307 e. The van der Waals surface area contributed by atoms with Crippen molar-refractivity contribution in [3.63, 3.8) is 0 Å². The fourth-order valence-electron chi connectivity index (χ4n) is 3.09. The number of hydrogen-bond donors (Lipinski definition) is 0. The summed E-state index contributed by atoms with van der Waals surface area (Å²) >= 11 is 0. The molecule has 0 unspecified atom stereocenters. The van der Waals surface area contributed by atoms with Crippen LogP contribution in [0, 0.1) is 5.92 Å². The Morgan fingerprint density at radius 2 is 2.25 bits per heavy atom. The maximum Gasteiger partial charge on any atom is 0.241 e. The minimum absolute atomic E-state index is 0.190. The van der Waals surface area contributed by atoms with Gasteiger partial charge in [0.05, 0.1) is 18.4 Å². The van der Waals surface area contributed by atoms with E-state index in [-0.39, 0.29) is 5.91 Å². The second kappa shape index (κ2) is 5.79. The monoisotopic (exact) mass is 274 g/mol. The fourth-order valence-corrected chi connectivity index (χ4v) is 3.09. The number of allylic oxidation sites excluding steroid dienone is 2. The first-order valence-electron chi connectivity index (χ1n) is 7.39. The number of piperazine rings is 1. The van der Waals surface area contributed by atoms with Gasteiger partial charge in [-0.25, -0.2) is 0 Å². The third-order valence-corrected chi connectivity index (χ3v) is 4.20. The molecule has 0 bridgehead atoms. The number of hydrogen-bond acceptors (Lipinski definition) is 3. The molecule has 0 aromatic carbocycles. The molecule has 0 N–H and O–H groups in total. The van der Waals surface area contributed by atoms with Crippen molar-refractivity contribution in [2.75, 3.05) is 31.1 Å². The van der Waals surface area contributed by atoms with E-state index in [0.29, 0.717) is 6.54 Å². The van der Waals surface area contributed by atoms with Gasteiger partial charge < -0.3 is 4.90 Å². The van der Waals surface area contributed by atoms with Crippen LogP contribution in [-0.2, 0) is 11.8 Å². The van der Waals surface area contributed by atoms with E-state index in [0.717, 1.165) is 37.7 Å². The van der Waals surface area contributed by atoms with Gasteiger partial charge in [-0.3, -0.25) is 14.4 Å². The Morgan fingerprint density at radius 3 is 2.90 bits per heavy atom. The number of carbonyl (C=O) groups excluding carboxylic acids is 1. The molecule has 20 heavy (non-hydrogen) atoms. The van der Waals surface area contributed by atoms with Gasteiger partial charge in [-0.2, -0.15) is 5.10 Å². The predicted octanol–water partition coefficient (Wildman–Crippen LogP) is 1.42. The van der Waals surface area contributed by atoms with Crippen LogP contribution in [0.2, 0.25) is 0 Å². The quantitative estimate of drug-likeness (QED) is 0.783. The summed E-state index contributed by atoms with van der Waals surface area (Å²) in [7, 11) is 1.88. The van der Waals surface area contributed by atoms with Crippen LogP contribution in [0.15, 0.2) is 24.5 Å². The first-order chi connectivity index (χ1) is 9.72. The lowest BCUT2D eigenvalue weighted by Gasteiger charge is -2.35. The van der Waals surface area contributed by atoms with Crippen molar-refractivity contribution in [1.29, 1.82) is 0 Å². The molecular weight excluding hydrogens is 252 g/mol. The Bertz CT molecular complexity index is 508. The van der Waals surface area contributed by atoms with Gasteiger partial charge in [0.15, 0.2) is 0 Å². The number of carbonyl (C=O) groups is 1. The van der Waals surface area contributed by atoms with Crippen molar-refractivity contribution in [2.24, 2.45) is 13.0 Å². The number of nitrogens with zero attached hydrogens (tertiary/aromatic N) is 4. The van der Waals surface area contributed by atoms with Gasteiger partial charge in [-0.1, -0.05) is 12.2 Å². The number of aromatic nitrogens is 2. The van der Waals surface area contributed by atoms with Gasteiger partial charge in [0.25, 0.3) is 0 Å². The predicted molar refractivity (Wildman–Crippen MR) is 78.5 cm³/mol. The SMILES string of the molecule is Cn1cc(N2CCN(C[C@H]3CC=CCC3)CC2=O)cn1. The zero-order valence-electron chi connectivity index (χ0n) is 12.0. The molecule has 0 spiro atoms. The molecule has 1 fully saturated rings. The van der Waals surface area contributed by atoms with Crippen LogP contribution < -0.4 is 4.90 Å². The molecule has 5 heteroatoms. The molecule has 1 atom stereocenters. The summed E-state index contributed by atoms with van der Waals surface area (Å²) in [6.07, 6.45) is 11.8. The molecule has 0 saturated carbocycles. The lowest BCUT2D eigenvalue weighted by Crippen LogP contribution is -2.51. The van der Waals surface area contributed by atoms with Crippen molar-refractivity contribution in [1.82, 2.24) is 14.7 Å². The molecule has 1 saturated heterocycles. The van der Waals surface area contributed by atoms with Crippen LogP contribution in [-0.4, -0.2) is 46.8 Å². The van der Waals surface area contributed by atoms with E-state index in [9.17, 15) is 4.79 Å². The van der Waals surface area contributed by atoms with Gasteiger partial charge in [-0.15, -0.1) is 0 Å². The van der Waals surface area contributed by atoms with Crippen LogP contribution in [0.3, 0.4) is 0 Å². The normalized spacial score (nSPS) is 24.4. The summed E-state index contributed by atoms with van der Waals surface area (Å²) < 4.78 is 1.74. The molecule has 1 aliphatic carbocycles. The van der Waals surface area contributed by atoms with E-state index in [1.54, 1.807) is 10.9 Å². The lowest BCUT2D eigenvalue weighted by atomic mass is 9.94. The molecule has 1 aromatic rings. The maximum atomic E-state index is 12.3. The highest BCUT2D eigenvalue weighted by atomic mass is 16.2. The average molecular weight is 274 g/mol. The number of anilines is 1. The highest BCUT2D eigenvalue weighted by molar-refractivity contribution is 5.95. The molecule has 1 aromatic heterocycles. The number of rotatable bonds is 3. The van der Waals surface area contributed by atoms with E-state index in [1.807, 2.05) is 18.1 Å². The van der Waals surface area contributed by atoms with E-state index in [2.05, 4.69) is 22.2 Å². The minimum atomic E-state index is 0.190. The lowest BCUT2D eigenvalue weighted by molar-refractivity contribution is -0.121. The molecule has 1 amide bonds. The van der Waals surface area contributed by atoms with Crippen LogP contribution in [0.25, 0.3) is 0 Å². The first-order valence-corrected chi connectivity index (χ1v) is 7.39. The molecule has 5 nitrogen and oxygen atoms in total. The smallest absolute Gasteiger partial charge is 0.241 e. The molecule has 3 rings (SSSR count). The van der Waals surface area contributed by atoms with E-state index >= 15 is 0 Å². The van der Waals surface area contributed by atoms with Crippen LogP contribution in [0.5, 0.6) is 0 Å². The third kappa shape index (κ3) is 2.93. The first kappa shape index (κ1) is 13.4. The van der Waals surface area contributed by atoms with Gasteiger partial charge in [-0.05, 0) is 25.2 Å². The van der Waals surface area contributed by atoms with Gasteiger partial charge in [0.1, 0.15) is 0 Å². The maximum absolute atomic E-state index is 12.3. The summed E-state index contributed by atoms with van der Waals surface area (Å²) in [5.41, 5.74) is 0.915. The van der Waals surface area contributed by atoms with Crippen LogP contribution in [0.1, 0.15) is 19.3 Å². The van der Waals surface area contributed by atoms with Crippen molar-refractivity contribution in [3.8, 4) is 0 Å². The molecule has 2 heterocycles. The second-order valence-electron chi connectivity index (χ2n) is 5.80. The second-order valence-corrected chi connectivity index (χ2v) is 5.80. The molecule has 108 valence electrons. The van der Waals surface area contributed by atoms with Crippen molar-refractivity contribution in [2.45, 2.75) is 19.3 Å². The third-order valence-electron chi connectivity index (χ3n) is 4.20. The Balaban J connectivity index is 1.56.